The largest absolute Gasteiger partial charge is 0.510 e. The Hall–Kier alpha value is 0.0800. The van der Waals surface area contributed by atoms with Crippen molar-refractivity contribution in [3.05, 3.63) is 0 Å². The standard InChI is InChI=1S/C2H4O4P2.H3N/c3-7(4)1-2-8(5)6;/h1-2H2;1H3/p+2. The van der Waals surface area contributed by atoms with Gasteiger partial charge in [0.25, 0.3) is 0 Å². The first kappa shape index (κ1) is 11.8. The molecule has 5 nitrogen and oxygen atoms in total. The van der Waals surface area contributed by atoms with Gasteiger partial charge in [0.15, 0.2) is 0 Å². The van der Waals surface area contributed by atoms with E-state index < -0.39 is 16.1 Å². The van der Waals surface area contributed by atoms with Gasteiger partial charge in [-0.1, -0.05) is 0 Å². The van der Waals surface area contributed by atoms with Gasteiger partial charge in [-0.2, -0.15) is 9.79 Å². The first-order valence-electron chi connectivity index (χ1n) is 1.90. The summed E-state index contributed by atoms with van der Waals surface area (Å²) in [5, 5.41) is 0. The van der Waals surface area contributed by atoms with Crippen LogP contribution in [0.3, 0.4) is 0 Å². The highest BCUT2D eigenvalue weighted by molar-refractivity contribution is 7.42. The second kappa shape index (κ2) is 6.20. The maximum atomic E-state index is 9.81. The van der Waals surface area contributed by atoms with Crippen molar-refractivity contribution in [3.63, 3.8) is 0 Å². The van der Waals surface area contributed by atoms with Gasteiger partial charge in [-0.05, 0) is 9.13 Å². The van der Waals surface area contributed by atoms with Crippen molar-refractivity contribution in [3.8, 4) is 0 Å². The van der Waals surface area contributed by atoms with E-state index >= 15 is 0 Å². The number of hydrogen-bond acceptors (Lipinski definition) is 3. The molecular weight excluding hydrogens is 164 g/mol. The molecule has 0 bridgehead atoms. The predicted octanol–water partition coefficient (Wildman–Crippen LogP) is 0.618. The van der Waals surface area contributed by atoms with Crippen molar-refractivity contribution in [1.82, 2.24) is 6.15 Å². The molecule has 2 unspecified atom stereocenters. The Morgan fingerprint density at radius 3 is 1.33 bits per heavy atom. The lowest BCUT2D eigenvalue weighted by atomic mass is 11.0. The molecule has 2 atom stereocenters. The van der Waals surface area contributed by atoms with E-state index in [4.69, 9.17) is 9.79 Å². The normalized spacial score (nSPS) is 11.8. The van der Waals surface area contributed by atoms with Crippen LogP contribution in [0.5, 0.6) is 0 Å². The zero-order valence-corrected chi connectivity index (χ0v) is 6.52. The summed E-state index contributed by atoms with van der Waals surface area (Å²) in [6.45, 7) is 0. The van der Waals surface area contributed by atoms with Crippen LogP contribution in [0.4, 0.5) is 0 Å². The van der Waals surface area contributed by atoms with Crippen LogP contribution in [0.15, 0.2) is 0 Å². The Morgan fingerprint density at radius 2 is 1.22 bits per heavy atom. The fourth-order valence-electron chi connectivity index (χ4n) is 0.171. The average molecular weight is 173 g/mol. The van der Waals surface area contributed by atoms with E-state index in [2.05, 4.69) is 0 Å². The smallest absolute Gasteiger partial charge is 0.344 e. The molecule has 0 aliphatic carbocycles. The molecular formula is C2H9NO4P2+2. The Bertz CT molecular complexity index is 101. The molecule has 0 saturated heterocycles. The Kier molecular flexibility index (Phi) is 8.15. The Balaban J connectivity index is 0. The minimum absolute atomic E-state index is 0. The van der Waals surface area contributed by atoms with Crippen molar-refractivity contribution in [2.45, 2.75) is 0 Å². The first-order valence-corrected chi connectivity index (χ1v) is 4.69. The second-order valence-corrected chi connectivity index (χ2v) is 3.45. The van der Waals surface area contributed by atoms with Crippen LogP contribution in [0, 0.1) is 0 Å². The van der Waals surface area contributed by atoms with Crippen LogP contribution >= 0.6 is 16.1 Å². The van der Waals surface area contributed by atoms with Gasteiger partial charge in [0.2, 0.25) is 12.3 Å². The predicted molar refractivity (Wildman–Crippen MR) is 34.4 cm³/mol. The minimum Gasteiger partial charge on any atom is -0.344 e. The van der Waals surface area contributed by atoms with Crippen molar-refractivity contribution in [2.24, 2.45) is 0 Å². The lowest BCUT2D eigenvalue weighted by molar-refractivity contribution is 0.494. The third-order valence-corrected chi connectivity index (χ3v) is 2.05. The monoisotopic (exact) mass is 173 g/mol. The van der Waals surface area contributed by atoms with Gasteiger partial charge in [-0.25, -0.2) is 0 Å². The van der Waals surface area contributed by atoms with Gasteiger partial charge in [0.05, 0.1) is 0 Å². The van der Waals surface area contributed by atoms with E-state index in [9.17, 15) is 9.13 Å². The van der Waals surface area contributed by atoms with Gasteiger partial charge < -0.3 is 6.15 Å². The number of hydrogen-bond donors (Lipinski definition) is 3. The van der Waals surface area contributed by atoms with E-state index in [1.807, 2.05) is 0 Å². The molecule has 5 N–H and O–H groups in total. The third kappa shape index (κ3) is 11.6. The van der Waals surface area contributed by atoms with Crippen LogP contribution in [0.1, 0.15) is 0 Å². The molecule has 54 valence electrons. The number of rotatable bonds is 3. The van der Waals surface area contributed by atoms with E-state index in [0.29, 0.717) is 0 Å². The first-order chi connectivity index (χ1) is 3.63. The van der Waals surface area contributed by atoms with Gasteiger partial charge in [0, 0.05) is 0 Å². The summed E-state index contributed by atoms with van der Waals surface area (Å²) in [4.78, 5) is 16.1. The SMILES string of the molecule is N.O=[P+](O)CC[P+](=O)O. The van der Waals surface area contributed by atoms with Crippen LogP contribution in [0.2, 0.25) is 0 Å². The van der Waals surface area contributed by atoms with Crippen LogP contribution in [0.25, 0.3) is 0 Å². The van der Waals surface area contributed by atoms with E-state index in [-0.39, 0.29) is 18.5 Å². The maximum Gasteiger partial charge on any atom is 0.510 e. The van der Waals surface area contributed by atoms with Crippen molar-refractivity contribution >= 4 is 16.1 Å². The van der Waals surface area contributed by atoms with Gasteiger partial charge in [-0.15, -0.1) is 0 Å². The molecule has 0 aromatic rings. The quantitative estimate of drug-likeness (QED) is 0.541. The topological polar surface area (TPSA) is 110 Å². The van der Waals surface area contributed by atoms with Crippen molar-refractivity contribution in [1.29, 1.82) is 0 Å². The molecule has 0 aliphatic rings. The average Bonchev–Trinajstić information content (AvgIpc) is 1.61. The minimum atomic E-state index is -2.23. The van der Waals surface area contributed by atoms with Crippen LogP contribution in [-0.4, -0.2) is 22.1 Å². The molecule has 0 aromatic heterocycles. The molecule has 0 spiro atoms. The molecule has 7 heteroatoms. The lowest BCUT2D eigenvalue weighted by Crippen LogP contribution is -1.79. The molecule has 0 aromatic carbocycles. The summed E-state index contributed by atoms with van der Waals surface area (Å²) in [5.41, 5.74) is 0. The highest BCUT2D eigenvalue weighted by Gasteiger charge is 2.20. The van der Waals surface area contributed by atoms with Crippen LogP contribution < -0.4 is 6.15 Å². The zero-order valence-electron chi connectivity index (χ0n) is 4.73. The van der Waals surface area contributed by atoms with E-state index in [1.54, 1.807) is 0 Å². The summed E-state index contributed by atoms with van der Waals surface area (Å²) in [7, 11) is -4.45. The third-order valence-electron chi connectivity index (χ3n) is 0.483. The summed E-state index contributed by atoms with van der Waals surface area (Å²) in [5.74, 6) is 0. The second-order valence-electron chi connectivity index (χ2n) is 1.15. The molecule has 0 heterocycles. The van der Waals surface area contributed by atoms with E-state index in [0.717, 1.165) is 0 Å². The molecule has 0 aliphatic heterocycles. The summed E-state index contributed by atoms with van der Waals surface area (Å²) in [6, 6.07) is 0. The molecule has 0 saturated carbocycles. The summed E-state index contributed by atoms with van der Waals surface area (Å²) < 4.78 is 19.6. The van der Waals surface area contributed by atoms with Gasteiger partial charge in [-0.3, -0.25) is 0 Å². The van der Waals surface area contributed by atoms with Crippen molar-refractivity contribution in [2.75, 3.05) is 12.3 Å². The van der Waals surface area contributed by atoms with Crippen molar-refractivity contribution < 1.29 is 18.9 Å². The maximum absolute atomic E-state index is 9.81. The molecule has 0 amide bonds. The fraction of sp³-hybridized carbons (Fsp3) is 1.00. The molecule has 9 heavy (non-hydrogen) atoms. The lowest BCUT2D eigenvalue weighted by Gasteiger charge is -1.64. The van der Waals surface area contributed by atoms with Crippen LogP contribution in [-0.2, 0) is 9.13 Å². The zero-order chi connectivity index (χ0) is 6.57. The molecule has 0 fully saturated rings. The fourth-order valence-corrected chi connectivity index (χ4v) is 1.54. The highest BCUT2D eigenvalue weighted by atomic mass is 31.1. The summed E-state index contributed by atoms with van der Waals surface area (Å²) in [6.07, 6.45) is -0.165. The van der Waals surface area contributed by atoms with Gasteiger partial charge >= 0.3 is 16.1 Å². The molecule has 0 radical (unpaired) electrons. The Labute approximate surface area is 54.4 Å². The Morgan fingerprint density at radius 1 is 1.00 bits per heavy atom. The van der Waals surface area contributed by atoms with Gasteiger partial charge in [0.1, 0.15) is 0 Å². The summed E-state index contributed by atoms with van der Waals surface area (Å²) >= 11 is 0. The van der Waals surface area contributed by atoms with E-state index in [1.165, 1.54) is 0 Å². The highest BCUT2D eigenvalue weighted by Crippen LogP contribution is 2.20. The molecule has 0 rings (SSSR count).